The average Bonchev–Trinajstić information content (AvgIpc) is 2.62. The molecule has 0 radical (unpaired) electrons. The molecule has 1 heterocycles. The van der Waals surface area contributed by atoms with Crippen molar-refractivity contribution in [1.29, 1.82) is 0 Å². The molecule has 27 heavy (non-hydrogen) atoms. The summed E-state index contributed by atoms with van der Waals surface area (Å²) in [5.41, 5.74) is 2.01. The molecule has 0 aromatic heterocycles. The summed E-state index contributed by atoms with van der Waals surface area (Å²) in [5, 5.41) is 0. The fourth-order valence-corrected chi connectivity index (χ4v) is 3.10. The topological polar surface area (TPSA) is 24.5 Å². The van der Waals surface area contributed by atoms with Crippen molar-refractivity contribution in [2.45, 2.75) is 6.92 Å². The van der Waals surface area contributed by atoms with Crippen LogP contribution in [0.15, 0.2) is 54.5 Å². The predicted molar refractivity (Wildman–Crippen MR) is 104 cm³/mol. The monoisotopic (exact) mass is 392 g/mol. The summed E-state index contributed by atoms with van der Waals surface area (Å²) in [6.07, 6.45) is 3.23. The smallest absolute Gasteiger partial charge is 0.168 e. The van der Waals surface area contributed by atoms with E-state index in [-0.39, 0.29) is 18.1 Å². The van der Waals surface area contributed by atoms with E-state index in [1.807, 2.05) is 13.0 Å². The lowest BCUT2D eigenvalue weighted by Crippen LogP contribution is -2.16. The average molecular weight is 392 g/mol. The summed E-state index contributed by atoms with van der Waals surface area (Å²) in [6.45, 7) is 2.21. The Morgan fingerprint density at radius 1 is 1.11 bits per heavy atom. The van der Waals surface area contributed by atoms with Crippen LogP contribution in [0.5, 0.6) is 11.5 Å². The lowest BCUT2D eigenvalue weighted by molar-refractivity contribution is 0.429. The first-order valence-electron chi connectivity index (χ1n) is 8.39. The summed E-state index contributed by atoms with van der Waals surface area (Å²) >= 11 is 1.52. The molecule has 7 heteroatoms. The quantitative estimate of drug-likeness (QED) is 0.612. The summed E-state index contributed by atoms with van der Waals surface area (Å²) in [4.78, 5) is 1.72. The molecule has 1 aliphatic rings. The Bertz CT molecular complexity index is 899. The van der Waals surface area contributed by atoms with Gasteiger partial charge < -0.3 is 14.4 Å². The maximum atomic E-state index is 14.0. The van der Waals surface area contributed by atoms with Crippen molar-refractivity contribution in [3.05, 3.63) is 71.7 Å². The molecular weight excluding hydrogens is 373 g/mol. The van der Waals surface area contributed by atoms with Crippen LogP contribution < -0.4 is 9.46 Å². The highest BCUT2D eigenvalue weighted by Gasteiger charge is 2.17. The molecule has 0 atom stereocenters. The Morgan fingerprint density at radius 2 is 1.89 bits per heavy atom. The molecule has 2 aromatic rings. The molecular formula is C20H19F3N2OS. The fourth-order valence-electron chi connectivity index (χ4n) is 2.66. The Labute approximate surface area is 160 Å². The van der Waals surface area contributed by atoms with Gasteiger partial charge in [0, 0.05) is 41.9 Å². The molecule has 0 spiro atoms. The summed E-state index contributed by atoms with van der Waals surface area (Å²) in [7, 11) is 1.77. The molecule has 0 bridgehead atoms. The normalized spacial score (nSPS) is 13.9. The molecule has 2 aromatic carbocycles. The molecule has 0 amide bonds. The fraction of sp³-hybridized carbons (Fsp3) is 0.200. The first kappa shape index (κ1) is 19.2. The van der Waals surface area contributed by atoms with Gasteiger partial charge in [0.25, 0.3) is 0 Å². The molecule has 142 valence electrons. The number of ether oxygens (including phenoxy) is 1. The zero-order chi connectivity index (χ0) is 19.4. The SMILES string of the molecule is CCSNc1ccc(Oc2ccc(F)cc2F)c(C2=CN(C)CC(F)=C2)c1. The number of allylic oxidation sites excluding steroid dienone is 2. The molecule has 1 N–H and O–H groups in total. The van der Waals surface area contributed by atoms with Gasteiger partial charge in [0.15, 0.2) is 11.6 Å². The van der Waals surface area contributed by atoms with Gasteiger partial charge in [0.2, 0.25) is 0 Å². The van der Waals surface area contributed by atoms with Crippen LogP contribution in [0.25, 0.3) is 5.57 Å². The van der Waals surface area contributed by atoms with Gasteiger partial charge in [-0.05, 0) is 36.4 Å². The first-order chi connectivity index (χ1) is 13.0. The third kappa shape index (κ3) is 4.80. The van der Waals surface area contributed by atoms with Crippen molar-refractivity contribution in [3.63, 3.8) is 0 Å². The highest BCUT2D eigenvalue weighted by atomic mass is 32.2. The van der Waals surface area contributed by atoms with Crippen LogP contribution >= 0.6 is 11.9 Å². The Morgan fingerprint density at radius 3 is 2.59 bits per heavy atom. The second kappa shape index (κ2) is 8.43. The lowest BCUT2D eigenvalue weighted by Gasteiger charge is -2.21. The van der Waals surface area contributed by atoms with Gasteiger partial charge >= 0.3 is 0 Å². The van der Waals surface area contributed by atoms with Crippen molar-refractivity contribution in [2.24, 2.45) is 0 Å². The highest BCUT2D eigenvalue weighted by Crippen LogP contribution is 2.36. The number of anilines is 1. The lowest BCUT2D eigenvalue weighted by atomic mass is 10.0. The standard InChI is InChI=1S/C20H19F3N2OS/c1-3-27-24-16-5-7-19(26-20-6-4-14(21)9-18(20)23)17(10-16)13-8-15(22)12-25(2)11-13/h4-11,24H,3,12H2,1-2H3. The van der Waals surface area contributed by atoms with E-state index >= 15 is 0 Å². The van der Waals surface area contributed by atoms with Crippen molar-refractivity contribution in [2.75, 3.05) is 24.1 Å². The van der Waals surface area contributed by atoms with E-state index < -0.39 is 11.6 Å². The zero-order valence-corrected chi connectivity index (χ0v) is 15.7. The van der Waals surface area contributed by atoms with Gasteiger partial charge in [0.1, 0.15) is 17.4 Å². The van der Waals surface area contributed by atoms with Crippen molar-refractivity contribution < 1.29 is 17.9 Å². The number of rotatable bonds is 6. The van der Waals surface area contributed by atoms with Crippen LogP contribution in [0.1, 0.15) is 12.5 Å². The van der Waals surface area contributed by atoms with Crippen LogP contribution in [0.2, 0.25) is 0 Å². The second-order valence-corrected chi connectivity index (χ2v) is 7.08. The van der Waals surface area contributed by atoms with Crippen LogP contribution in [0.3, 0.4) is 0 Å². The van der Waals surface area contributed by atoms with E-state index in [0.29, 0.717) is 16.9 Å². The number of hydrogen-bond donors (Lipinski definition) is 1. The van der Waals surface area contributed by atoms with Crippen LogP contribution in [-0.4, -0.2) is 24.2 Å². The number of benzene rings is 2. The first-order valence-corrected chi connectivity index (χ1v) is 9.38. The van der Waals surface area contributed by atoms with Crippen molar-refractivity contribution in [1.82, 2.24) is 4.90 Å². The molecule has 3 rings (SSSR count). The number of likely N-dealkylation sites (N-methyl/N-ethyl adjacent to an activating group) is 1. The minimum atomic E-state index is -0.804. The largest absolute Gasteiger partial charge is 0.454 e. The minimum absolute atomic E-state index is 0.101. The van der Waals surface area contributed by atoms with Gasteiger partial charge in [-0.25, -0.2) is 13.2 Å². The molecule has 0 unspecified atom stereocenters. The maximum Gasteiger partial charge on any atom is 0.168 e. The van der Waals surface area contributed by atoms with E-state index in [9.17, 15) is 13.2 Å². The Hall–Kier alpha value is -2.54. The number of hydrogen-bond acceptors (Lipinski definition) is 4. The summed E-state index contributed by atoms with van der Waals surface area (Å²) in [5.74, 6) is -0.656. The van der Waals surface area contributed by atoms with Gasteiger partial charge in [-0.1, -0.05) is 18.9 Å². The third-order valence-corrected chi connectivity index (χ3v) is 4.48. The molecule has 3 nitrogen and oxygen atoms in total. The molecule has 0 aliphatic carbocycles. The van der Waals surface area contributed by atoms with Crippen molar-refractivity contribution >= 4 is 23.2 Å². The van der Waals surface area contributed by atoms with Crippen LogP contribution in [0.4, 0.5) is 18.9 Å². The predicted octanol–water partition coefficient (Wildman–Crippen LogP) is 5.98. The van der Waals surface area contributed by atoms with E-state index in [1.54, 1.807) is 30.3 Å². The van der Waals surface area contributed by atoms with Crippen LogP contribution in [0, 0.1) is 11.6 Å². The second-order valence-electron chi connectivity index (χ2n) is 6.01. The molecule has 1 aliphatic heterocycles. The minimum Gasteiger partial charge on any atom is -0.454 e. The maximum absolute atomic E-state index is 14.0. The Kier molecular flexibility index (Phi) is 6.01. The number of nitrogens with one attached hydrogen (secondary N) is 1. The van der Waals surface area contributed by atoms with Gasteiger partial charge in [-0.15, -0.1) is 0 Å². The molecule has 0 fully saturated rings. The Balaban J connectivity index is 2.02. The summed E-state index contributed by atoms with van der Waals surface area (Å²) < 4.78 is 50.0. The third-order valence-electron chi connectivity index (χ3n) is 3.81. The zero-order valence-electron chi connectivity index (χ0n) is 14.9. The van der Waals surface area contributed by atoms with E-state index in [0.717, 1.165) is 23.6 Å². The van der Waals surface area contributed by atoms with Gasteiger partial charge in [-0.2, -0.15) is 0 Å². The number of halogens is 3. The number of nitrogens with zero attached hydrogens (tertiary/aromatic N) is 1. The van der Waals surface area contributed by atoms with Gasteiger partial charge in [0.05, 0.1) is 6.54 Å². The van der Waals surface area contributed by atoms with Gasteiger partial charge in [-0.3, -0.25) is 0 Å². The summed E-state index contributed by atoms with van der Waals surface area (Å²) in [6, 6.07) is 8.39. The van der Waals surface area contributed by atoms with E-state index in [2.05, 4.69) is 4.72 Å². The highest BCUT2D eigenvalue weighted by molar-refractivity contribution is 8.00. The van der Waals surface area contributed by atoms with Crippen molar-refractivity contribution in [3.8, 4) is 11.5 Å². The van der Waals surface area contributed by atoms with E-state index in [1.165, 1.54) is 24.1 Å². The van der Waals surface area contributed by atoms with E-state index in [4.69, 9.17) is 4.74 Å². The molecule has 0 saturated carbocycles. The van der Waals surface area contributed by atoms with Crippen LogP contribution in [-0.2, 0) is 0 Å². The molecule has 0 saturated heterocycles.